The van der Waals surface area contributed by atoms with Crippen molar-refractivity contribution in [3.63, 3.8) is 0 Å². The van der Waals surface area contributed by atoms with Crippen LogP contribution in [0.3, 0.4) is 0 Å². The van der Waals surface area contributed by atoms with Gasteiger partial charge in [0.05, 0.1) is 0 Å². The molecule has 0 bridgehead atoms. The number of aromatic nitrogens is 1. The van der Waals surface area contributed by atoms with E-state index >= 15 is 0 Å². The van der Waals surface area contributed by atoms with Crippen LogP contribution in [-0.2, 0) is 7.05 Å². The van der Waals surface area contributed by atoms with Crippen molar-refractivity contribution in [2.75, 3.05) is 0 Å². The van der Waals surface area contributed by atoms with E-state index in [0.717, 1.165) is 10.0 Å². The Hall–Kier alpha value is -1.15. The van der Waals surface area contributed by atoms with Crippen molar-refractivity contribution in [2.24, 2.45) is 7.05 Å². The fraction of sp³-hybridized carbons (Fsp3) is 0.182. The van der Waals surface area contributed by atoms with Gasteiger partial charge in [-0.15, -0.1) is 0 Å². The molecular formula is C11H11NS. The van der Waals surface area contributed by atoms with Crippen LogP contribution in [0.4, 0.5) is 0 Å². The Balaban J connectivity index is 3.03. The standard InChI is InChI=1S/C11H11NS/c1-8-7-9-5-3-4-6-10(9)11(13)12(8)2/h3-7H,1-2H3. The van der Waals surface area contributed by atoms with Crippen LogP contribution >= 0.6 is 12.2 Å². The number of aryl methyl sites for hydroxylation is 1. The van der Waals surface area contributed by atoms with Crippen LogP contribution < -0.4 is 0 Å². The van der Waals surface area contributed by atoms with Crippen LogP contribution in [-0.4, -0.2) is 4.57 Å². The van der Waals surface area contributed by atoms with E-state index in [1.807, 2.05) is 23.7 Å². The summed E-state index contributed by atoms with van der Waals surface area (Å²) in [6.07, 6.45) is 0. The van der Waals surface area contributed by atoms with E-state index in [2.05, 4.69) is 25.1 Å². The first-order valence-corrected chi connectivity index (χ1v) is 4.66. The quantitative estimate of drug-likeness (QED) is 0.576. The zero-order valence-electron chi connectivity index (χ0n) is 7.74. The van der Waals surface area contributed by atoms with Gasteiger partial charge < -0.3 is 4.57 Å². The average Bonchev–Trinajstić information content (AvgIpc) is 2.15. The van der Waals surface area contributed by atoms with Crippen molar-refractivity contribution < 1.29 is 0 Å². The second kappa shape index (κ2) is 2.96. The molecule has 0 aliphatic rings. The zero-order chi connectivity index (χ0) is 9.42. The lowest BCUT2D eigenvalue weighted by Gasteiger charge is -2.07. The first-order chi connectivity index (χ1) is 6.20. The molecule has 1 aromatic carbocycles. The van der Waals surface area contributed by atoms with Crippen LogP contribution in [0.1, 0.15) is 5.69 Å². The molecule has 0 aliphatic heterocycles. The molecule has 13 heavy (non-hydrogen) atoms. The first kappa shape index (κ1) is 8.45. The zero-order valence-corrected chi connectivity index (χ0v) is 8.56. The number of pyridine rings is 1. The Bertz CT molecular complexity index is 511. The topological polar surface area (TPSA) is 4.93 Å². The molecule has 2 rings (SSSR count). The van der Waals surface area contributed by atoms with E-state index < -0.39 is 0 Å². The van der Waals surface area contributed by atoms with E-state index in [4.69, 9.17) is 12.2 Å². The highest BCUT2D eigenvalue weighted by atomic mass is 32.1. The predicted octanol–water partition coefficient (Wildman–Crippen LogP) is 3.22. The molecule has 0 radical (unpaired) electrons. The SMILES string of the molecule is Cc1cc2ccccc2c(=S)n1C. The van der Waals surface area contributed by atoms with Gasteiger partial charge in [-0.2, -0.15) is 0 Å². The molecule has 0 saturated carbocycles. The summed E-state index contributed by atoms with van der Waals surface area (Å²) in [5.41, 5.74) is 1.20. The summed E-state index contributed by atoms with van der Waals surface area (Å²) in [4.78, 5) is 0. The van der Waals surface area contributed by atoms with Gasteiger partial charge in [0.1, 0.15) is 4.64 Å². The molecule has 0 saturated heterocycles. The molecule has 0 aliphatic carbocycles. The second-order valence-corrected chi connectivity index (χ2v) is 3.62. The van der Waals surface area contributed by atoms with E-state index in [-0.39, 0.29) is 0 Å². The normalized spacial score (nSPS) is 10.6. The maximum absolute atomic E-state index is 5.35. The fourth-order valence-electron chi connectivity index (χ4n) is 1.48. The minimum atomic E-state index is 0.913. The van der Waals surface area contributed by atoms with E-state index in [1.165, 1.54) is 11.1 Å². The molecule has 0 spiro atoms. The number of fused-ring (bicyclic) bond motifs is 1. The molecular weight excluding hydrogens is 178 g/mol. The highest BCUT2D eigenvalue weighted by Crippen LogP contribution is 2.16. The Kier molecular flexibility index (Phi) is 1.93. The number of hydrogen-bond acceptors (Lipinski definition) is 1. The number of hydrogen-bond donors (Lipinski definition) is 0. The smallest absolute Gasteiger partial charge is 0.113 e. The van der Waals surface area contributed by atoms with E-state index in [1.54, 1.807) is 0 Å². The van der Waals surface area contributed by atoms with E-state index in [0.29, 0.717) is 0 Å². The molecule has 0 N–H and O–H groups in total. The van der Waals surface area contributed by atoms with Gasteiger partial charge in [-0.25, -0.2) is 0 Å². The third-order valence-corrected chi connectivity index (χ3v) is 2.88. The predicted molar refractivity (Wildman–Crippen MR) is 58.5 cm³/mol. The summed E-state index contributed by atoms with van der Waals surface area (Å²) in [6, 6.07) is 10.4. The molecule has 2 aromatic rings. The van der Waals surface area contributed by atoms with Crippen LogP contribution in [0.5, 0.6) is 0 Å². The summed E-state index contributed by atoms with van der Waals surface area (Å²) in [5, 5.41) is 2.38. The fourth-order valence-corrected chi connectivity index (χ4v) is 1.81. The number of benzene rings is 1. The van der Waals surface area contributed by atoms with Gasteiger partial charge in [0.2, 0.25) is 0 Å². The Morgan fingerprint density at radius 1 is 1.23 bits per heavy atom. The summed E-state index contributed by atoms with van der Waals surface area (Å²) in [5.74, 6) is 0. The third-order valence-electron chi connectivity index (χ3n) is 2.39. The molecule has 1 nitrogen and oxygen atoms in total. The molecule has 0 fully saturated rings. The lowest BCUT2D eigenvalue weighted by atomic mass is 10.1. The second-order valence-electron chi connectivity index (χ2n) is 3.24. The lowest BCUT2D eigenvalue weighted by molar-refractivity contribution is 0.853. The minimum absolute atomic E-state index is 0.913. The molecule has 2 heteroatoms. The third kappa shape index (κ3) is 1.27. The van der Waals surface area contributed by atoms with Crippen molar-refractivity contribution in [3.05, 3.63) is 40.7 Å². The monoisotopic (exact) mass is 189 g/mol. The molecule has 0 atom stereocenters. The molecule has 0 unspecified atom stereocenters. The van der Waals surface area contributed by atoms with Crippen LogP contribution in [0, 0.1) is 11.6 Å². The molecule has 0 amide bonds. The maximum atomic E-state index is 5.35. The van der Waals surface area contributed by atoms with Gasteiger partial charge in [0.15, 0.2) is 0 Å². The van der Waals surface area contributed by atoms with Gasteiger partial charge >= 0.3 is 0 Å². The highest BCUT2D eigenvalue weighted by Gasteiger charge is 1.98. The molecule has 66 valence electrons. The lowest BCUT2D eigenvalue weighted by Crippen LogP contribution is -1.97. The summed E-state index contributed by atoms with van der Waals surface area (Å²) in [7, 11) is 2.00. The Morgan fingerprint density at radius 3 is 2.69 bits per heavy atom. The van der Waals surface area contributed by atoms with Crippen molar-refractivity contribution in [1.29, 1.82) is 0 Å². The van der Waals surface area contributed by atoms with Crippen LogP contribution in [0.2, 0.25) is 0 Å². The van der Waals surface area contributed by atoms with Crippen molar-refractivity contribution >= 4 is 23.0 Å². The summed E-state index contributed by atoms with van der Waals surface area (Å²) < 4.78 is 2.95. The molecule has 1 aromatic heterocycles. The van der Waals surface area contributed by atoms with Crippen molar-refractivity contribution in [2.45, 2.75) is 6.92 Å². The highest BCUT2D eigenvalue weighted by molar-refractivity contribution is 7.71. The van der Waals surface area contributed by atoms with Gasteiger partial charge in [-0.05, 0) is 18.4 Å². The molecule has 1 heterocycles. The summed E-state index contributed by atoms with van der Waals surface area (Å²) >= 11 is 5.35. The number of nitrogens with zero attached hydrogens (tertiary/aromatic N) is 1. The largest absolute Gasteiger partial charge is 0.339 e. The van der Waals surface area contributed by atoms with Gasteiger partial charge in [0, 0.05) is 18.1 Å². The van der Waals surface area contributed by atoms with Crippen molar-refractivity contribution in [3.8, 4) is 0 Å². The maximum Gasteiger partial charge on any atom is 0.113 e. The Morgan fingerprint density at radius 2 is 1.92 bits per heavy atom. The summed E-state index contributed by atoms with van der Waals surface area (Å²) in [6.45, 7) is 2.07. The van der Waals surface area contributed by atoms with Crippen LogP contribution in [0.15, 0.2) is 30.3 Å². The average molecular weight is 189 g/mol. The van der Waals surface area contributed by atoms with Gasteiger partial charge in [-0.1, -0.05) is 36.5 Å². The minimum Gasteiger partial charge on any atom is -0.339 e. The van der Waals surface area contributed by atoms with E-state index in [9.17, 15) is 0 Å². The number of rotatable bonds is 0. The van der Waals surface area contributed by atoms with Gasteiger partial charge in [-0.3, -0.25) is 0 Å². The first-order valence-electron chi connectivity index (χ1n) is 4.25. The van der Waals surface area contributed by atoms with Gasteiger partial charge in [0.25, 0.3) is 0 Å². The van der Waals surface area contributed by atoms with Crippen LogP contribution in [0.25, 0.3) is 10.8 Å². The van der Waals surface area contributed by atoms with Crippen molar-refractivity contribution in [1.82, 2.24) is 4.57 Å². The Labute approximate surface area is 82.6 Å².